The Hall–Kier alpha value is -1.88. The molecular weight excluding hydrogens is 1620 g/mol. The normalized spacial score (nSPS) is 46.0. The molecule has 698 valence electrons. The number of hydrogen-bond acceptors (Lipinski definition) is 47. The van der Waals surface area contributed by atoms with E-state index in [0.717, 1.165) is 0 Å². The molecule has 6 unspecified atom stereocenters. The van der Waals surface area contributed by atoms with Crippen LogP contribution in [-0.2, 0) is 114 Å². The zero-order chi connectivity index (χ0) is 87.1. The van der Waals surface area contributed by atoms with Crippen LogP contribution in [0.3, 0.4) is 0 Å². The van der Waals surface area contributed by atoms with E-state index in [1.807, 2.05) is 0 Å². The molecule has 0 saturated carbocycles. The molecule has 0 aliphatic carbocycles. The van der Waals surface area contributed by atoms with Crippen LogP contribution in [0.25, 0.3) is 0 Å². The van der Waals surface area contributed by atoms with Gasteiger partial charge in [0, 0.05) is 6.61 Å². The first-order valence-electron chi connectivity index (χ1n) is 40.1. The fourth-order valence-electron chi connectivity index (χ4n) is 14.6. The van der Waals surface area contributed by atoms with Crippen molar-refractivity contribution in [1.29, 1.82) is 0 Å². The van der Waals surface area contributed by atoms with E-state index in [-0.39, 0.29) is 19.8 Å². The summed E-state index contributed by atoms with van der Waals surface area (Å²) >= 11 is 0. The molecule has 0 spiro atoms. The molecule has 0 aromatic rings. The van der Waals surface area contributed by atoms with Crippen molar-refractivity contribution >= 4 is 0 Å². The molecule has 30 saturated heterocycles. The smallest absolute Gasteiger partial charge is 0.187 e. The number of hydrogen-bond donors (Lipinski definition) is 23. The summed E-state index contributed by atoms with van der Waals surface area (Å²) in [5.41, 5.74) is 0. The van der Waals surface area contributed by atoms with E-state index in [9.17, 15) is 117 Å². The standard InChI is InChI=1S/C72H128O47/c1-9-10-96-18-33-57-41(80)49(88)65(104-33)113-58-34(19-97-11-26(2)73)106-67(51(90)43(58)82)115-60-36(21-99-13-28(4)75)108-69(53(92)45(60)84)117-62-38(23-101-15-30(6)77)110-71(55(94)47(62)86)119-64-40(25-103-17-32(8)79)111-72(56(95)48(64)87)118-63-39(24-102-16-31(7)78)109-70(54(93)46(63)85)116-61-37(22-100-14-29(5)76)107-68(52(91)44(61)83)114-59-35(20-98-12-27(3)74)105-66(112-57)50(89)42(59)81/h26-95H,9-25H2,1-8H3/t26?,27?,28?,29?,30-,31?,32?,33-,34-,35-,36-,37-,38-,39-,40-,41-,42-,43-,44-,45-,46-,47-,48-,49-,50-,51-,52-,53-,54-,55-,56-,57-,58-,59-,60-,61-,62-,63-,64-,65-,66-,67-,68-,69-,70-,71-,72-/m1/s1. The Morgan fingerprint density at radius 2 is 0.303 bits per heavy atom. The maximum atomic E-state index is 12.2. The van der Waals surface area contributed by atoms with E-state index >= 15 is 0 Å². The SMILES string of the molecule is CCCOC[C@H]1O[C@@H]2O[C@H]3[C@H](O)[C@@H](O)[C@@H](O[C@H]4[C@H](O)[C@@H](O)[C@@H](O[C@H]5[C@H](O)[C@@H](O)[C@@H](O[C@H]6[C@H](O)[C@@H](O)[C@@H](O[C@H]7[C@H](O)[C@@H](O)[C@@H](O[C@H]8[C@H](O)[C@@H](O)[C@@H](O[C@H]9[C@H](O)[C@@H](O)[C@@H](O[C@H]1[C@H](O)[C@H]2O)O[C@@H]9COCC(C)O)O[C@@H]8COCC(C)O)O[C@@H]7COCC(C)O)O[C@@H]6COCC(C)O)O[C@@H]5COC[C@@H](C)O)O[C@@H]4COCC(C)O)O[C@@H]3COCC(C)O. The second-order valence-corrected chi connectivity index (χ2v) is 31.8. The summed E-state index contributed by atoms with van der Waals surface area (Å²) in [6, 6.07) is 0. The zero-order valence-corrected chi connectivity index (χ0v) is 67.2. The van der Waals surface area contributed by atoms with E-state index in [2.05, 4.69) is 0 Å². The van der Waals surface area contributed by atoms with Crippen LogP contribution in [0.4, 0.5) is 0 Å². The maximum absolute atomic E-state index is 12.2. The minimum atomic E-state index is -2.28. The molecule has 30 fully saturated rings. The Bertz CT molecular complexity index is 2710. The van der Waals surface area contributed by atoms with E-state index in [1.54, 1.807) is 6.92 Å². The van der Waals surface area contributed by atoms with Crippen LogP contribution in [0.15, 0.2) is 0 Å². The molecule has 0 amide bonds. The van der Waals surface area contributed by atoms with Crippen molar-refractivity contribution in [2.24, 2.45) is 0 Å². The van der Waals surface area contributed by atoms with Gasteiger partial charge < -0.3 is 231 Å². The molecule has 30 rings (SSSR count). The lowest BCUT2D eigenvalue weighted by Gasteiger charge is -2.51. The van der Waals surface area contributed by atoms with Crippen molar-refractivity contribution in [2.45, 2.75) is 350 Å². The molecule has 30 aliphatic rings. The Morgan fingerprint density at radius 1 is 0.185 bits per heavy atom. The molecule has 47 nitrogen and oxygen atoms in total. The third-order valence-electron chi connectivity index (χ3n) is 20.6. The van der Waals surface area contributed by atoms with Crippen molar-refractivity contribution < 1.29 is 231 Å². The molecule has 0 aromatic heterocycles. The van der Waals surface area contributed by atoms with Gasteiger partial charge in [-0.1, -0.05) is 6.92 Å². The van der Waals surface area contributed by atoms with Gasteiger partial charge in [-0.3, -0.25) is 0 Å². The summed E-state index contributed by atoms with van der Waals surface area (Å²) in [4.78, 5) is 0. The van der Waals surface area contributed by atoms with Gasteiger partial charge in [-0.05, 0) is 54.9 Å². The lowest BCUT2D eigenvalue weighted by molar-refractivity contribution is -0.405. The summed E-state index contributed by atoms with van der Waals surface area (Å²) in [7, 11) is 0. The van der Waals surface area contributed by atoms with Crippen LogP contribution in [0.5, 0.6) is 0 Å². The fourth-order valence-corrected chi connectivity index (χ4v) is 14.6. The van der Waals surface area contributed by atoms with E-state index in [1.165, 1.54) is 48.5 Å². The Balaban J connectivity index is 1.10. The van der Waals surface area contributed by atoms with Crippen LogP contribution >= 0.6 is 0 Å². The third kappa shape index (κ3) is 26.9. The van der Waals surface area contributed by atoms with Gasteiger partial charge in [0.15, 0.2) is 50.3 Å². The molecule has 47 atom stereocenters. The first kappa shape index (κ1) is 101. The fraction of sp³-hybridized carbons (Fsp3) is 1.00. The highest BCUT2D eigenvalue weighted by Gasteiger charge is 2.61. The van der Waals surface area contributed by atoms with Gasteiger partial charge >= 0.3 is 0 Å². The molecule has 0 radical (unpaired) electrons. The molecule has 30 aliphatic heterocycles. The summed E-state index contributed by atoms with van der Waals surface area (Å²) in [5.74, 6) is 0. The largest absolute Gasteiger partial charge is 0.391 e. The number of ether oxygens (including phenoxy) is 24. The molecule has 119 heavy (non-hydrogen) atoms. The van der Waals surface area contributed by atoms with Gasteiger partial charge in [0.2, 0.25) is 0 Å². The first-order chi connectivity index (χ1) is 56.4. The molecule has 23 N–H and O–H groups in total. The number of rotatable bonds is 32. The lowest BCUT2D eigenvalue weighted by atomic mass is 9.94. The van der Waals surface area contributed by atoms with Gasteiger partial charge in [-0.2, -0.15) is 0 Å². The van der Waals surface area contributed by atoms with Crippen molar-refractivity contribution in [1.82, 2.24) is 0 Å². The third-order valence-corrected chi connectivity index (χ3v) is 20.6. The second-order valence-electron chi connectivity index (χ2n) is 31.8. The molecular formula is C72H128O47. The predicted octanol–water partition coefficient (Wildman–Crippen LogP) is -13.1. The quantitative estimate of drug-likeness (QED) is 0.0278. The summed E-state index contributed by atoms with van der Waals surface area (Å²) in [5, 5.41) is 266. The molecule has 0 aromatic carbocycles. The van der Waals surface area contributed by atoms with Gasteiger partial charge in [0.1, 0.15) is 195 Å². The summed E-state index contributed by atoms with van der Waals surface area (Å²) in [6.07, 6.45) is -88.4. The summed E-state index contributed by atoms with van der Waals surface area (Å²) < 4.78 is 145. The first-order valence-corrected chi connectivity index (χ1v) is 40.1. The Morgan fingerprint density at radius 3 is 0.412 bits per heavy atom. The molecule has 30 heterocycles. The highest BCUT2D eigenvalue weighted by atomic mass is 16.8. The molecule has 47 heteroatoms. The van der Waals surface area contributed by atoms with E-state index in [0.29, 0.717) is 6.42 Å². The average Bonchev–Trinajstić information content (AvgIpc) is 0.773. The number of aliphatic hydroxyl groups excluding tert-OH is 23. The monoisotopic (exact) mass is 1740 g/mol. The predicted molar refractivity (Wildman–Crippen MR) is 383 cm³/mol. The van der Waals surface area contributed by atoms with Crippen molar-refractivity contribution in [3.8, 4) is 0 Å². The van der Waals surface area contributed by atoms with Gasteiger partial charge in [0.25, 0.3) is 0 Å². The minimum absolute atomic E-state index is 0.0490. The summed E-state index contributed by atoms with van der Waals surface area (Å²) in [6.45, 7) is 3.52. The van der Waals surface area contributed by atoms with Crippen molar-refractivity contribution in [2.75, 3.05) is 106 Å². The molecule has 16 bridgehead atoms. The topological polar surface area (TPSA) is 687 Å². The highest BCUT2D eigenvalue weighted by molar-refractivity contribution is 5.03. The van der Waals surface area contributed by atoms with Crippen LogP contribution in [0.2, 0.25) is 0 Å². The van der Waals surface area contributed by atoms with Crippen molar-refractivity contribution in [3.05, 3.63) is 0 Å². The van der Waals surface area contributed by atoms with E-state index in [4.69, 9.17) is 114 Å². The number of aliphatic hydroxyl groups is 23. The lowest BCUT2D eigenvalue weighted by Crippen LogP contribution is -2.69. The highest BCUT2D eigenvalue weighted by Crippen LogP contribution is 2.41. The van der Waals surface area contributed by atoms with Crippen LogP contribution in [-0.4, -0.2) is 512 Å². The van der Waals surface area contributed by atoms with Gasteiger partial charge in [-0.15, -0.1) is 0 Å². The van der Waals surface area contributed by atoms with Crippen LogP contribution < -0.4 is 0 Å². The van der Waals surface area contributed by atoms with Gasteiger partial charge in [0.05, 0.1) is 142 Å². The Kier molecular flexibility index (Phi) is 40.2. The average molecular weight is 1750 g/mol. The van der Waals surface area contributed by atoms with Crippen LogP contribution in [0.1, 0.15) is 61.8 Å². The minimum Gasteiger partial charge on any atom is -0.391 e. The van der Waals surface area contributed by atoms with Gasteiger partial charge in [-0.25, -0.2) is 0 Å². The zero-order valence-electron chi connectivity index (χ0n) is 67.2. The van der Waals surface area contributed by atoms with Crippen LogP contribution in [0, 0.1) is 0 Å². The van der Waals surface area contributed by atoms with E-state index < -0.39 is 374 Å². The maximum Gasteiger partial charge on any atom is 0.187 e. The second kappa shape index (κ2) is 47.4. The van der Waals surface area contributed by atoms with Crippen molar-refractivity contribution in [3.63, 3.8) is 0 Å². The Labute approximate surface area is 685 Å².